The van der Waals surface area contributed by atoms with Crippen LogP contribution in [0.1, 0.15) is 18.9 Å². The molecule has 3 N–H and O–H groups in total. The molecule has 0 aliphatic carbocycles. The smallest absolute Gasteiger partial charge is 0.183 e. The van der Waals surface area contributed by atoms with E-state index in [1.165, 1.54) is 6.33 Å². The van der Waals surface area contributed by atoms with Crippen LogP contribution in [0, 0.1) is 0 Å². The van der Waals surface area contributed by atoms with Gasteiger partial charge in [0.25, 0.3) is 0 Å². The molecule has 1 atom stereocenters. The monoisotopic (exact) mass is 292 g/mol. The summed E-state index contributed by atoms with van der Waals surface area (Å²) in [6.07, 6.45) is 2.32. The van der Waals surface area contributed by atoms with Crippen molar-refractivity contribution in [1.82, 2.24) is 20.5 Å². The Hall–Kier alpha value is -1.37. The molecule has 0 radical (unpaired) electrons. The summed E-state index contributed by atoms with van der Waals surface area (Å²) in [5, 5.41) is 20.8. The lowest BCUT2D eigenvalue weighted by molar-refractivity contribution is 0.158. The first-order chi connectivity index (χ1) is 9.80. The SMILES string of the molecule is CCNC(CO)(CCSc1ncn[nH]1)c1ccccc1. The molecule has 1 aromatic heterocycles. The lowest BCUT2D eigenvalue weighted by Gasteiger charge is -2.33. The van der Waals surface area contributed by atoms with E-state index in [9.17, 15) is 5.11 Å². The molecule has 108 valence electrons. The normalized spacial score (nSPS) is 14.1. The van der Waals surface area contributed by atoms with E-state index in [1.807, 2.05) is 18.2 Å². The molecule has 0 saturated heterocycles. The molecule has 2 rings (SSSR count). The van der Waals surface area contributed by atoms with Gasteiger partial charge in [-0.05, 0) is 18.5 Å². The average molecular weight is 292 g/mol. The molecule has 0 aliphatic heterocycles. The van der Waals surface area contributed by atoms with E-state index in [2.05, 4.69) is 39.6 Å². The van der Waals surface area contributed by atoms with Crippen LogP contribution in [-0.4, -0.2) is 39.2 Å². The molecule has 5 nitrogen and oxygen atoms in total. The highest BCUT2D eigenvalue weighted by Crippen LogP contribution is 2.27. The second-order valence-electron chi connectivity index (χ2n) is 4.53. The van der Waals surface area contributed by atoms with Gasteiger partial charge in [-0.3, -0.25) is 5.10 Å². The number of aliphatic hydroxyl groups excluding tert-OH is 1. The van der Waals surface area contributed by atoms with E-state index in [0.29, 0.717) is 0 Å². The number of hydrogen-bond acceptors (Lipinski definition) is 5. The summed E-state index contributed by atoms with van der Waals surface area (Å²) in [7, 11) is 0. The van der Waals surface area contributed by atoms with Crippen LogP contribution in [0.15, 0.2) is 41.8 Å². The van der Waals surface area contributed by atoms with E-state index in [0.717, 1.165) is 29.4 Å². The molecular formula is C14H20N4OS. The summed E-state index contributed by atoms with van der Waals surface area (Å²) in [6, 6.07) is 10.1. The number of benzene rings is 1. The Morgan fingerprint density at radius 1 is 1.35 bits per heavy atom. The summed E-state index contributed by atoms with van der Waals surface area (Å²) in [5.41, 5.74) is 0.714. The quantitative estimate of drug-likeness (QED) is 0.647. The Morgan fingerprint density at radius 3 is 2.75 bits per heavy atom. The van der Waals surface area contributed by atoms with Crippen LogP contribution < -0.4 is 5.32 Å². The molecule has 0 aliphatic rings. The third-order valence-electron chi connectivity index (χ3n) is 3.27. The molecule has 0 amide bonds. The first-order valence-corrected chi connectivity index (χ1v) is 7.69. The average Bonchev–Trinajstić information content (AvgIpc) is 3.00. The van der Waals surface area contributed by atoms with E-state index >= 15 is 0 Å². The van der Waals surface area contributed by atoms with Gasteiger partial charge in [0.15, 0.2) is 5.16 Å². The Kier molecular flexibility index (Phi) is 5.58. The number of aliphatic hydroxyl groups is 1. The number of aromatic nitrogens is 3. The van der Waals surface area contributed by atoms with Gasteiger partial charge in [-0.15, -0.1) is 0 Å². The van der Waals surface area contributed by atoms with Crippen molar-refractivity contribution < 1.29 is 5.11 Å². The predicted molar refractivity (Wildman–Crippen MR) is 80.6 cm³/mol. The largest absolute Gasteiger partial charge is 0.394 e. The van der Waals surface area contributed by atoms with Crippen LogP contribution in [0.4, 0.5) is 0 Å². The maximum Gasteiger partial charge on any atom is 0.183 e. The first-order valence-electron chi connectivity index (χ1n) is 6.70. The van der Waals surface area contributed by atoms with Crippen LogP contribution >= 0.6 is 11.8 Å². The predicted octanol–water partition coefficient (Wildman–Crippen LogP) is 1.78. The molecular weight excluding hydrogens is 272 g/mol. The minimum absolute atomic E-state index is 0.0712. The summed E-state index contributed by atoms with van der Waals surface area (Å²) in [6.45, 7) is 2.93. The highest BCUT2D eigenvalue weighted by atomic mass is 32.2. The standard InChI is InChI=1S/C14H20N4OS/c1-2-16-14(10-19,12-6-4-3-5-7-12)8-9-20-13-15-11-17-18-13/h3-7,11,16,19H,2,8-10H2,1H3,(H,15,17,18). The second-order valence-corrected chi connectivity index (χ2v) is 5.61. The molecule has 1 unspecified atom stereocenters. The number of likely N-dealkylation sites (N-methyl/N-ethyl adjacent to an activating group) is 1. The molecule has 0 bridgehead atoms. The van der Waals surface area contributed by atoms with Gasteiger partial charge in [0.2, 0.25) is 0 Å². The van der Waals surface area contributed by atoms with Crippen molar-refractivity contribution in [3.05, 3.63) is 42.2 Å². The third kappa shape index (κ3) is 3.59. The highest BCUT2D eigenvalue weighted by Gasteiger charge is 2.30. The van der Waals surface area contributed by atoms with Gasteiger partial charge in [-0.1, -0.05) is 49.0 Å². The zero-order valence-electron chi connectivity index (χ0n) is 11.5. The third-order valence-corrected chi connectivity index (χ3v) is 4.15. The minimum Gasteiger partial charge on any atom is -0.394 e. The highest BCUT2D eigenvalue weighted by molar-refractivity contribution is 7.99. The number of thioether (sulfide) groups is 1. The van der Waals surface area contributed by atoms with Crippen LogP contribution in [0.25, 0.3) is 0 Å². The Bertz CT molecular complexity index is 491. The topological polar surface area (TPSA) is 73.8 Å². The second kappa shape index (κ2) is 7.42. The minimum atomic E-state index is -0.400. The van der Waals surface area contributed by atoms with Crippen LogP contribution in [0.3, 0.4) is 0 Å². The number of nitrogens with one attached hydrogen (secondary N) is 2. The van der Waals surface area contributed by atoms with Crippen molar-refractivity contribution in [2.45, 2.75) is 24.0 Å². The van der Waals surface area contributed by atoms with Crippen LogP contribution in [-0.2, 0) is 5.54 Å². The van der Waals surface area contributed by atoms with Crippen LogP contribution in [0.5, 0.6) is 0 Å². The number of aromatic amines is 1. The fraction of sp³-hybridized carbons (Fsp3) is 0.429. The van der Waals surface area contributed by atoms with Crippen LogP contribution in [0.2, 0.25) is 0 Å². The van der Waals surface area contributed by atoms with E-state index < -0.39 is 5.54 Å². The van der Waals surface area contributed by atoms with Crippen molar-refractivity contribution in [3.63, 3.8) is 0 Å². The van der Waals surface area contributed by atoms with Crippen molar-refractivity contribution >= 4 is 11.8 Å². The van der Waals surface area contributed by atoms with E-state index in [-0.39, 0.29) is 6.61 Å². The van der Waals surface area contributed by atoms with E-state index in [1.54, 1.807) is 11.8 Å². The molecule has 0 fully saturated rings. The molecule has 0 spiro atoms. The molecule has 0 saturated carbocycles. The Balaban J connectivity index is 2.06. The van der Waals surface area contributed by atoms with Crippen molar-refractivity contribution in [3.8, 4) is 0 Å². The molecule has 20 heavy (non-hydrogen) atoms. The van der Waals surface area contributed by atoms with Gasteiger partial charge in [0.05, 0.1) is 12.1 Å². The zero-order valence-corrected chi connectivity index (χ0v) is 12.4. The van der Waals surface area contributed by atoms with Gasteiger partial charge in [-0.25, -0.2) is 4.98 Å². The van der Waals surface area contributed by atoms with Gasteiger partial charge < -0.3 is 10.4 Å². The van der Waals surface area contributed by atoms with Gasteiger partial charge >= 0.3 is 0 Å². The van der Waals surface area contributed by atoms with Gasteiger partial charge in [0, 0.05) is 5.75 Å². The Morgan fingerprint density at radius 2 is 2.15 bits per heavy atom. The van der Waals surface area contributed by atoms with E-state index in [4.69, 9.17) is 0 Å². The van der Waals surface area contributed by atoms with Gasteiger partial charge in [0.1, 0.15) is 6.33 Å². The summed E-state index contributed by atoms with van der Waals surface area (Å²) in [4.78, 5) is 4.09. The molecule has 2 aromatic rings. The summed E-state index contributed by atoms with van der Waals surface area (Å²) >= 11 is 1.61. The summed E-state index contributed by atoms with van der Waals surface area (Å²) < 4.78 is 0. The number of hydrogen-bond donors (Lipinski definition) is 3. The summed E-state index contributed by atoms with van der Waals surface area (Å²) in [5.74, 6) is 0.845. The fourth-order valence-corrected chi connectivity index (χ4v) is 3.13. The van der Waals surface area contributed by atoms with Crippen molar-refractivity contribution in [1.29, 1.82) is 0 Å². The zero-order chi connectivity index (χ0) is 14.3. The first kappa shape index (κ1) is 15.0. The maximum absolute atomic E-state index is 9.91. The lowest BCUT2D eigenvalue weighted by atomic mass is 9.88. The number of nitrogens with zero attached hydrogens (tertiary/aromatic N) is 2. The van der Waals surface area contributed by atoms with Crippen molar-refractivity contribution in [2.75, 3.05) is 18.9 Å². The molecule has 6 heteroatoms. The fourth-order valence-electron chi connectivity index (χ4n) is 2.24. The lowest BCUT2D eigenvalue weighted by Crippen LogP contribution is -2.46. The Labute approximate surface area is 123 Å². The molecule has 1 heterocycles. The maximum atomic E-state index is 9.91. The number of H-pyrrole nitrogens is 1. The number of rotatable bonds is 8. The van der Waals surface area contributed by atoms with Gasteiger partial charge in [-0.2, -0.15) is 5.10 Å². The van der Waals surface area contributed by atoms with Crippen molar-refractivity contribution in [2.24, 2.45) is 0 Å². The molecule has 1 aromatic carbocycles.